The lowest BCUT2D eigenvalue weighted by molar-refractivity contribution is 0.0297. The van der Waals surface area contributed by atoms with Gasteiger partial charge in [0.05, 0.1) is 0 Å². The highest BCUT2D eigenvalue weighted by atomic mass is 32.1. The SMILES string of the molecule is CC(NCCCN(C)C(=O)OC(C)(C)C)c1ccsc1. The van der Waals surface area contributed by atoms with Crippen LogP contribution in [-0.4, -0.2) is 36.7 Å². The molecule has 1 aromatic heterocycles. The Kier molecular flexibility index (Phi) is 6.49. The largest absolute Gasteiger partial charge is 0.444 e. The van der Waals surface area contributed by atoms with Crippen molar-refractivity contribution in [3.63, 3.8) is 0 Å². The number of nitrogens with zero attached hydrogens (tertiary/aromatic N) is 1. The standard InChI is InChI=1S/C15H26N2O2S/c1-12(13-7-10-20-11-13)16-8-6-9-17(5)14(18)19-15(2,3)4/h7,10-12,16H,6,8-9H2,1-5H3. The fourth-order valence-electron chi connectivity index (χ4n) is 1.71. The van der Waals surface area contributed by atoms with Crippen molar-refractivity contribution in [2.24, 2.45) is 0 Å². The van der Waals surface area contributed by atoms with E-state index in [9.17, 15) is 4.79 Å². The Balaban J connectivity index is 2.19. The molecule has 1 aromatic rings. The molecule has 0 saturated carbocycles. The van der Waals surface area contributed by atoms with E-state index < -0.39 is 5.60 Å². The Morgan fingerprint density at radius 1 is 1.50 bits per heavy atom. The second kappa shape index (κ2) is 7.64. The smallest absolute Gasteiger partial charge is 0.410 e. The first-order valence-corrected chi connectivity index (χ1v) is 7.93. The van der Waals surface area contributed by atoms with E-state index in [4.69, 9.17) is 4.74 Å². The molecule has 1 atom stereocenters. The van der Waals surface area contributed by atoms with Crippen molar-refractivity contribution in [3.05, 3.63) is 22.4 Å². The molecule has 4 nitrogen and oxygen atoms in total. The maximum absolute atomic E-state index is 11.8. The Morgan fingerprint density at radius 3 is 2.75 bits per heavy atom. The van der Waals surface area contributed by atoms with Crippen LogP contribution in [0.5, 0.6) is 0 Å². The van der Waals surface area contributed by atoms with Gasteiger partial charge in [-0.25, -0.2) is 4.79 Å². The number of carbonyl (C=O) groups excluding carboxylic acids is 1. The first kappa shape index (κ1) is 17.0. The molecule has 1 N–H and O–H groups in total. The average Bonchev–Trinajstić information content (AvgIpc) is 2.85. The Labute approximate surface area is 126 Å². The van der Waals surface area contributed by atoms with Crippen LogP contribution in [0.4, 0.5) is 4.79 Å². The van der Waals surface area contributed by atoms with Crippen LogP contribution >= 0.6 is 11.3 Å². The highest BCUT2D eigenvalue weighted by Gasteiger charge is 2.19. The summed E-state index contributed by atoms with van der Waals surface area (Å²) in [4.78, 5) is 13.4. The van der Waals surface area contributed by atoms with E-state index in [1.165, 1.54) is 5.56 Å². The Morgan fingerprint density at radius 2 is 2.20 bits per heavy atom. The lowest BCUT2D eigenvalue weighted by Crippen LogP contribution is -2.35. The Hall–Kier alpha value is -1.07. The van der Waals surface area contributed by atoms with Gasteiger partial charge in [-0.05, 0) is 63.1 Å². The van der Waals surface area contributed by atoms with Crippen LogP contribution in [0.3, 0.4) is 0 Å². The predicted octanol–water partition coefficient (Wildman–Crippen LogP) is 3.66. The minimum Gasteiger partial charge on any atom is -0.444 e. The molecule has 1 heterocycles. The van der Waals surface area contributed by atoms with Crippen molar-refractivity contribution in [1.29, 1.82) is 0 Å². The summed E-state index contributed by atoms with van der Waals surface area (Å²) < 4.78 is 5.30. The molecular weight excluding hydrogens is 272 g/mol. The van der Waals surface area contributed by atoms with Crippen LogP contribution in [0.1, 0.15) is 45.7 Å². The van der Waals surface area contributed by atoms with Crippen LogP contribution in [0.25, 0.3) is 0 Å². The van der Waals surface area contributed by atoms with Crippen LogP contribution in [0, 0.1) is 0 Å². The molecule has 1 rings (SSSR count). The number of ether oxygens (including phenoxy) is 1. The zero-order chi connectivity index (χ0) is 15.2. The van der Waals surface area contributed by atoms with E-state index in [0.717, 1.165) is 13.0 Å². The molecule has 0 bridgehead atoms. The van der Waals surface area contributed by atoms with Crippen molar-refractivity contribution in [3.8, 4) is 0 Å². The molecule has 0 aliphatic rings. The van der Waals surface area contributed by atoms with Crippen molar-refractivity contribution in [2.75, 3.05) is 20.1 Å². The van der Waals surface area contributed by atoms with Gasteiger partial charge in [0.25, 0.3) is 0 Å². The molecular formula is C15H26N2O2S. The maximum atomic E-state index is 11.8. The third-order valence-electron chi connectivity index (χ3n) is 2.87. The highest BCUT2D eigenvalue weighted by Crippen LogP contribution is 2.15. The molecule has 0 spiro atoms. The molecule has 5 heteroatoms. The summed E-state index contributed by atoms with van der Waals surface area (Å²) in [5.41, 5.74) is 0.882. The van der Waals surface area contributed by atoms with Gasteiger partial charge in [0.15, 0.2) is 0 Å². The number of hydrogen-bond acceptors (Lipinski definition) is 4. The molecule has 0 saturated heterocycles. The monoisotopic (exact) mass is 298 g/mol. The zero-order valence-electron chi connectivity index (χ0n) is 13.1. The third kappa shape index (κ3) is 6.39. The number of hydrogen-bond donors (Lipinski definition) is 1. The summed E-state index contributed by atoms with van der Waals surface area (Å²) >= 11 is 1.71. The Bertz CT molecular complexity index is 399. The van der Waals surface area contributed by atoms with Gasteiger partial charge in [0, 0.05) is 19.6 Å². The minimum absolute atomic E-state index is 0.261. The summed E-state index contributed by atoms with van der Waals surface area (Å²) in [6.45, 7) is 9.36. The molecule has 0 radical (unpaired) electrons. The second-order valence-electron chi connectivity index (χ2n) is 5.99. The second-order valence-corrected chi connectivity index (χ2v) is 6.77. The molecule has 1 unspecified atom stereocenters. The number of carbonyl (C=O) groups is 1. The molecule has 0 aliphatic carbocycles. The van der Waals surface area contributed by atoms with Crippen LogP contribution in [0.15, 0.2) is 16.8 Å². The highest BCUT2D eigenvalue weighted by molar-refractivity contribution is 7.07. The molecule has 114 valence electrons. The summed E-state index contributed by atoms with van der Waals surface area (Å²) in [5.74, 6) is 0. The quantitative estimate of drug-likeness (QED) is 0.815. The third-order valence-corrected chi connectivity index (χ3v) is 3.57. The van der Waals surface area contributed by atoms with Crippen molar-refractivity contribution in [1.82, 2.24) is 10.2 Å². The zero-order valence-corrected chi connectivity index (χ0v) is 13.9. The number of rotatable bonds is 6. The molecule has 20 heavy (non-hydrogen) atoms. The fraction of sp³-hybridized carbons (Fsp3) is 0.667. The summed E-state index contributed by atoms with van der Waals surface area (Å²) in [6.07, 6.45) is 0.646. The van der Waals surface area contributed by atoms with E-state index in [0.29, 0.717) is 12.6 Å². The lowest BCUT2D eigenvalue weighted by Gasteiger charge is -2.24. The normalized spacial score (nSPS) is 13.1. The predicted molar refractivity (Wildman–Crippen MR) is 84.2 cm³/mol. The van der Waals surface area contributed by atoms with Crippen molar-refractivity contribution >= 4 is 17.4 Å². The van der Waals surface area contributed by atoms with Gasteiger partial charge in [0.2, 0.25) is 0 Å². The number of amides is 1. The molecule has 0 aromatic carbocycles. The summed E-state index contributed by atoms with van der Waals surface area (Å²) in [7, 11) is 1.77. The van der Waals surface area contributed by atoms with E-state index >= 15 is 0 Å². The van der Waals surface area contributed by atoms with Gasteiger partial charge < -0.3 is 15.0 Å². The van der Waals surface area contributed by atoms with Crippen LogP contribution in [0.2, 0.25) is 0 Å². The van der Waals surface area contributed by atoms with Gasteiger partial charge in [0.1, 0.15) is 5.60 Å². The van der Waals surface area contributed by atoms with Gasteiger partial charge in [-0.2, -0.15) is 11.3 Å². The van der Waals surface area contributed by atoms with Crippen molar-refractivity contribution < 1.29 is 9.53 Å². The molecule has 0 fully saturated rings. The van der Waals surface area contributed by atoms with E-state index in [2.05, 4.69) is 29.1 Å². The minimum atomic E-state index is -0.433. The average molecular weight is 298 g/mol. The molecule has 1 amide bonds. The fourth-order valence-corrected chi connectivity index (χ4v) is 2.46. The summed E-state index contributed by atoms with van der Waals surface area (Å²) in [5, 5.41) is 7.70. The first-order chi connectivity index (χ1) is 9.29. The van der Waals surface area contributed by atoms with E-state index in [-0.39, 0.29) is 6.09 Å². The van der Waals surface area contributed by atoms with E-state index in [1.807, 2.05) is 20.8 Å². The molecule has 0 aliphatic heterocycles. The van der Waals surface area contributed by atoms with Gasteiger partial charge in [-0.1, -0.05) is 0 Å². The van der Waals surface area contributed by atoms with Gasteiger partial charge in [-0.3, -0.25) is 0 Å². The lowest BCUT2D eigenvalue weighted by atomic mass is 10.2. The number of nitrogens with one attached hydrogen (secondary N) is 1. The van der Waals surface area contributed by atoms with Gasteiger partial charge in [-0.15, -0.1) is 0 Å². The number of thiophene rings is 1. The first-order valence-electron chi connectivity index (χ1n) is 6.99. The topological polar surface area (TPSA) is 41.6 Å². The maximum Gasteiger partial charge on any atom is 0.410 e. The summed E-state index contributed by atoms with van der Waals surface area (Å²) in [6, 6.07) is 2.49. The van der Waals surface area contributed by atoms with Crippen LogP contribution in [-0.2, 0) is 4.74 Å². The van der Waals surface area contributed by atoms with Crippen LogP contribution < -0.4 is 5.32 Å². The van der Waals surface area contributed by atoms with Gasteiger partial charge >= 0.3 is 6.09 Å². The van der Waals surface area contributed by atoms with Crippen molar-refractivity contribution in [2.45, 2.75) is 45.8 Å². The van der Waals surface area contributed by atoms with E-state index in [1.54, 1.807) is 23.3 Å².